The van der Waals surface area contributed by atoms with Crippen molar-refractivity contribution in [3.05, 3.63) is 90.7 Å². The molecule has 3 aromatic carbocycles. The van der Waals surface area contributed by atoms with Gasteiger partial charge in [0.15, 0.2) is 11.5 Å². The molecule has 148 valence electrons. The molecule has 5 nitrogen and oxygen atoms in total. The summed E-state index contributed by atoms with van der Waals surface area (Å²) < 4.78 is 22.7. The number of para-hydroxylation sites is 3. The van der Waals surface area contributed by atoms with Crippen LogP contribution in [0, 0.1) is 0 Å². The van der Waals surface area contributed by atoms with Crippen molar-refractivity contribution in [2.24, 2.45) is 4.99 Å². The van der Waals surface area contributed by atoms with Crippen LogP contribution in [-0.2, 0) is 0 Å². The molecule has 0 spiro atoms. The maximum atomic E-state index is 6.13. The van der Waals surface area contributed by atoms with Crippen LogP contribution in [0.25, 0.3) is 0 Å². The Balaban J connectivity index is 1.95. The fourth-order valence-electron chi connectivity index (χ4n) is 2.56. The van der Waals surface area contributed by atoms with Crippen LogP contribution in [-0.4, -0.2) is 20.1 Å². The Morgan fingerprint density at radius 3 is 2.07 bits per heavy atom. The molecule has 3 aromatic rings. The lowest BCUT2D eigenvalue weighted by atomic mass is 10.2. The Bertz CT molecular complexity index is 982. The Hall–Kier alpha value is -3.73. The van der Waals surface area contributed by atoms with Crippen molar-refractivity contribution < 1.29 is 18.9 Å². The smallest absolute Gasteiger partial charge is 0.226 e. The number of nitrogens with zero attached hydrogens (tertiary/aromatic N) is 1. The Morgan fingerprint density at radius 2 is 1.41 bits per heavy atom. The number of aliphatic imine (C=N–C) groups is 1. The van der Waals surface area contributed by atoms with Crippen molar-refractivity contribution in [2.45, 2.75) is 6.92 Å². The Labute approximate surface area is 170 Å². The van der Waals surface area contributed by atoms with Gasteiger partial charge in [0.05, 0.1) is 26.2 Å². The lowest BCUT2D eigenvalue weighted by molar-refractivity contribution is 0.342. The van der Waals surface area contributed by atoms with Gasteiger partial charge in [-0.05, 0) is 43.3 Å². The molecule has 29 heavy (non-hydrogen) atoms. The molecular formula is C24H23NO4. The van der Waals surface area contributed by atoms with E-state index >= 15 is 0 Å². The zero-order valence-electron chi connectivity index (χ0n) is 16.7. The second kappa shape index (κ2) is 9.99. The molecule has 5 heteroatoms. The third-order valence-electron chi connectivity index (χ3n) is 4.01. The van der Waals surface area contributed by atoms with Gasteiger partial charge in [-0.3, -0.25) is 0 Å². The minimum atomic E-state index is 0.388. The molecule has 0 aromatic heterocycles. The van der Waals surface area contributed by atoms with Crippen LogP contribution in [0.1, 0.15) is 6.92 Å². The number of hydrogen-bond donors (Lipinski definition) is 0. The molecule has 0 amide bonds. The predicted octanol–water partition coefficient (Wildman–Crippen LogP) is 5.80. The van der Waals surface area contributed by atoms with Crippen LogP contribution in [0.5, 0.6) is 23.0 Å². The van der Waals surface area contributed by atoms with Gasteiger partial charge in [-0.1, -0.05) is 42.5 Å². The average molecular weight is 389 g/mol. The van der Waals surface area contributed by atoms with Crippen molar-refractivity contribution in [1.29, 1.82) is 0 Å². The first-order chi connectivity index (χ1) is 14.2. The van der Waals surface area contributed by atoms with E-state index in [0.717, 1.165) is 11.4 Å². The summed E-state index contributed by atoms with van der Waals surface area (Å²) in [7, 11) is 3.15. The van der Waals surface area contributed by atoms with Crippen LogP contribution in [0.2, 0.25) is 0 Å². The molecule has 0 saturated carbocycles. The highest BCUT2D eigenvalue weighted by atomic mass is 16.5. The van der Waals surface area contributed by atoms with Crippen molar-refractivity contribution in [3.8, 4) is 23.0 Å². The fourth-order valence-corrected chi connectivity index (χ4v) is 2.56. The van der Waals surface area contributed by atoms with E-state index in [4.69, 9.17) is 18.9 Å². The molecular weight excluding hydrogens is 366 g/mol. The molecule has 0 aliphatic carbocycles. The van der Waals surface area contributed by atoms with E-state index in [1.165, 1.54) is 0 Å². The molecule has 0 atom stereocenters. The molecule has 0 aliphatic heterocycles. The highest BCUT2D eigenvalue weighted by Crippen LogP contribution is 2.37. The number of hydrogen-bond acceptors (Lipinski definition) is 5. The van der Waals surface area contributed by atoms with Crippen LogP contribution in [0.3, 0.4) is 0 Å². The minimum absolute atomic E-state index is 0.388. The quantitative estimate of drug-likeness (QED) is 0.291. The van der Waals surface area contributed by atoms with Crippen LogP contribution in [0.4, 0.5) is 5.69 Å². The van der Waals surface area contributed by atoms with Gasteiger partial charge in [0.25, 0.3) is 0 Å². The Kier molecular flexibility index (Phi) is 6.90. The monoisotopic (exact) mass is 389 g/mol. The van der Waals surface area contributed by atoms with Gasteiger partial charge >= 0.3 is 0 Å². The van der Waals surface area contributed by atoms with Crippen LogP contribution < -0.4 is 18.9 Å². The molecule has 0 heterocycles. The lowest BCUT2D eigenvalue weighted by Gasteiger charge is -2.15. The number of ether oxygens (including phenoxy) is 4. The summed E-state index contributed by atoms with van der Waals surface area (Å²) in [4.78, 5) is 4.65. The molecule has 0 N–H and O–H groups in total. The van der Waals surface area contributed by atoms with Crippen molar-refractivity contribution in [2.75, 3.05) is 14.2 Å². The average Bonchev–Trinajstić information content (AvgIpc) is 2.78. The summed E-state index contributed by atoms with van der Waals surface area (Å²) in [5, 5.41) is 0. The summed E-state index contributed by atoms with van der Waals surface area (Å²) in [5.41, 5.74) is 1.47. The topological polar surface area (TPSA) is 49.3 Å². The highest BCUT2D eigenvalue weighted by molar-refractivity contribution is 5.96. The minimum Gasteiger partial charge on any atom is -0.493 e. The normalized spacial score (nSPS) is 11.7. The number of rotatable bonds is 7. The standard InChI is InChI=1S/C24H23NO4/c1-18(17-28-20-13-8-5-9-14-20)24(25-19-11-6-4-7-12-19)29-22-16-10-15-21(26-2)23(22)27-3/h4-17H,1-3H3/b18-17+,25-24?. The first kappa shape index (κ1) is 20.0. The summed E-state index contributed by atoms with van der Waals surface area (Å²) >= 11 is 0. The third-order valence-corrected chi connectivity index (χ3v) is 4.01. The molecule has 0 bridgehead atoms. The second-order valence-corrected chi connectivity index (χ2v) is 6.08. The fraction of sp³-hybridized carbons (Fsp3) is 0.125. The van der Waals surface area contributed by atoms with E-state index in [1.54, 1.807) is 32.6 Å². The lowest BCUT2D eigenvalue weighted by Crippen LogP contribution is -2.12. The summed E-state index contributed by atoms with van der Waals surface area (Å²) in [6.45, 7) is 1.87. The van der Waals surface area contributed by atoms with Crippen LogP contribution in [0.15, 0.2) is 95.7 Å². The van der Waals surface area contributed by atoms with Gasteiger partial charge in [-0.2, -0.15) is 0 Å². The van der Waals surface area contributed by atoms with Crippen LogP contribution >= 0.6 is 0 Å². The van der Waals surface area contributed by atoms with E-state index in [-0.39, 0.29) is 0 Å². The third kappa shape index (κ3) is 5.39. The summed E-state index contributed by atoms with van der Waals surface area (Å²) in [6.07, 6.45) is 1.61. The number of benzene rings is 3. The largest absolute Gasteiger partial charge is 0.493 e. The van der Waals surface area contributed by atoms with Crippen molar-refractivity contribution in [1.82, 2.24) is 0 Å². The second-order valence-electron chi connectivity index (χ2n) is 6.08. The zero-order chi connectivity index (χ0) is 20.5. The van der Waals surface area contributed by atoms with Gasteiger partial charge in [0, 0.05) is 5.57 Å². The first-order valence-electron chi connectivity index (χ1n) is 9.12. The van der Waals surface area contributed by atoms with Gasteiger partial charge in [-0.25, -0.2) is 4.99 Å². The van der Waals surface area contributed by atoms with Gasteiger partial charge in [0.1, 0.15) is 5.75 Å². The maximum absolute atomic E-state index is 6.13. The molecule has 0 unspecified atom stereocenters. The first-order valence-corrected chi connectivity index (χ1v) is 9.12. The Morgan fingerprint density at radius 1 is 0.759 bits per heavy atom. The van der Waals surface area contributed by atoms with Crippen molar-refractivity contribution >= 4 is 11.6 Å². The van der Waals surface area contributed by atoms with Gasteiger partial charge in [-0.15, -0.1) is 0 Å². The molecule has 3 rings (SSSR count). The SMILES string of the molecule is COc1cccc(OC(=Nc2ccccc2)/C(C)=C/Oc2ccccc2)c1OC. The van der Waals surface area contributed by atoms with E-state index in [0.29, 0.717) is 28.7 Å². The molecule has 0 aliphatic rings. The zero-order valence-corrected chi connectivity index (χ0v) is 16.7. The predicted molar refractivity (Wildman–Crippen MR) is 115 cm³/mol. The number of methoxy groups -OCH3 is 2. The molecule has 0 saturated heterocycles. The van der Waals surface area contributed by atoms with E-state index in [9.17, 15) is 0 Å². The maximum Gasteiger partial charge on any atom is 0.226 e. The van der Waals surface area contributed by atoms with E-state index in [1.807, 2.05) is 73.7 Å². The van der Waals surface area contributed by atoms with Crippen molar-refractivity contribution in [3.63, 3.8) is 0 Å². The highest BCUT2D eigenvalue weighted by Gasteiger charge is 2.15. The van der Waals surface area contributed by atoms with Gasteiger partial charge < -0.3 is 18.9 Å². The van der Waals surface area contributed by atoms with Gasteiger partial charge in [0.2, 0.25) is 11.6 Å². The summed E-state index contributed by atoms with van der Waals surface area (Å²) in [5.74, 6) is 2.68. The molecule has 0 radical (unpaired) electrons. The van der Waals surface area contributed by atoms with E-state index in [2.05, 4.69) is 4.99 Å². The summed E-state index contributed by atoms with van der Waals surface area (Å²) in [6, 6.07) is 24.5. The van der Waals surface area contributed by atoms with E-state index < -0.39 is 0 Å². The molecule has 0 fully saturated rings.